The average molecular weight is 331 g/mol. The minimum absolute atomic E-state index is 0.0297. The van der Waals surface area contributed by atoms with Gasteiger partial charge in [0.25, 0.3) is 5.69 Å². The first kappa shape index (κ1) is 12.8. The van der Waals surface area contributed by atoms with Crippen LogP contribution in [0.3, 0.4) is 0 Å². The molecule has 7 nitrogen and oxygen atoms in total. The molecular formula is C9H7BrN4O3S. The summed E-state index contributed by atoms with van der Waals surface area (Å²) in [4.78, 5) is 10.1. The van der Waals surface area contributed by atoms with Gasteiger partial charge in [0, 0.05) is 22.9 Å². The van der Waals surface area contributed by atoms with Crippen LogP contribution in [0.2, 0.25) is 0 Å². The van der Waals surface area contributed by atoms with Crippen LogP contribution < -0.4 is 0 Å². The van der Waals surface area contributed by atoms with E-state index in [1.54, 1.807) is 6.07 Å². The second-order valence-corrected chi connectivity index (χ2v) is 5.46. The smallest absolute Gasteiger partial charge is 0.270 e. The molecule has 9 heteroatoms. The van der Waals surface area contributed by atoms with Crippen molar-refractivity contribution in [3.05, 3.63) is 39.1 Å². The monoisotopic (exact) mass is 330 g/mol. The van der Waals surface area contributed by atoms with Crippen molar-refractivity contribution in [2.75, 3.05) is 6.26 Å². The van der Waals surface area contributed by atoms with E-state index in [0.29, 0.717) is 10.2 Å². The maximum absolute atomic E-state index is 11.5. The molecule has 2 rings (SSSR count). The highest BCUT2D eigenvalue weighted by Gasteiger charge is 2.15. The molecule has 1 heterocycles. The van der Waals surface area contributed by atoms with Gasteiger partial charge < -0.3 is 0 Å². The molecule has 2 aromatic rings. The molecule has 0 saturated carbocycles. The molecule has 0 radical (unpaired) electrons. The van der Waals surface area contributed by atoms with Gasteiger partial charge in [-0.05, 0) is 22.0 Å². The second kappa shape index (κ2) is 4.94. The number of hydrogen-bond donors (Lipinski definition) is 0. The van der Waals surface area contributed by atoms with Gasteiger partial charge in [0.2, 0.25) is 5.16 Å². The molecule has 1 aromatic heterocycles. The Labute approximate surface area is 113 Å². The summed E-state index contributed by atoms with van der Waals surface area (Å²) in [6.07, 6.45) is 2.89. The first-order valence-corrected chi connectivity index (χ1v) is 7.03. The number of nitro benzene ring substituents is 1. The Morgan fingerprint density at radius 1 is 1.50 bits per heavy atom. The first-order chi connectivity index (χ1) is 8.50. The highest BCUT2D eigenvalue weighted by atomic mass is 79.9. The van der Waals surface area contributed by atoms with Crippen molar-refractivity contribution in [1.29, 1.82) is 0 Å². The van der Waals surface area contributed by atoms with Gasteiger partial charge in [0.05, 0.1) is 21.4 Å². The normalized spacial score (nSPS) is 12.3. The third kappa shape index (κ3) is 2.31. The number of nitro groups is 1. The summed E-state index contributed by atoms with van der Waals surface area (Å²) >= 11 is 3.24. The zero-order valence-electron chi connectivity index (χ0n) is 9.11. The third-order valence-electron chi connectivity index (χ3n) is 2.18. The standard InChI is InChI=1S/C9H7BrN4O3S/c1-18(17)9-12-11-5-13(9)8-3-2-6(14(15)16)4-7(8)10/h2-5H,1H3/t18-/m1/s1. The number of hydrogen-bond acceptors (Lipinski definition) is 5. The molecule has 0 aliphatic heterocycles. The van der Waals surface area contributed by atoms with Crippen LogP contribution in [0.1, 0.15) is 0 Å². The quantitative estimate of drug-likeness (QED) is 0.630. The maximum atomic E-state index is 11.5. The molecule has 18 heavy (non-hydrogen) atoms. The Morgan fingerprint density at radius 2 is 2.22 bits per heavy atom. The van der Waals surface area contributed by atoms with Gasteiger partial charge >= 0.3 is 0 Å². The van der Waals surface area contributed by atoms with Crippen molar-refractivity contribution in [2.45, 2.75) is 5.16 Å². The maximum Gasteiger partial charge on any atom is 0.270 e. The highest BCUT2D eigenvalue weighted by Crippen LogP contribution is 2.26. The van der Waals surface area contributed by atoms with Crippen LogP contribution in [-0.4, -0.2) is 30.2 Å². The zero-order valence-corrected chi connectivity index (χ0v) is 11.5. The van der Waals surface area contributed by atoms with Crippen molar-refractivity contribution in [3.8, 4) is 5.69 Å². The van der Waals surface area contributed by atoms with Gasteiger partial charge in [-0.3, -0.25) is 18.9 Å². The molecule has 0 bridgehead atoms. The van der Waals surface area contributed by atoms with Crippen LogP contribution in [-0.2, 0) is 10.8 Å². The lowest BCUT2D eigenvalue weighted by atomic mass is 10.3. The molecule has 0 N–H and O–H groups in total. The number of aromatic nitrogens is 3. The molecule has 0 aliphatic carbocycles. The predicted octanol–water partition coefficient (Wildman–Crippen LogP) is 1.68. The molecule has 1 atom stereocenters. The lowest BCUT2D eigenvalue weighted by Gasteiger charge is -2.06. The van der Waals surface area contributed by atoms with E-state index >= 15 is 0 Å². The summed E-state index contributed by atoms with van der Waals surface area (Å²) in [5.41, 5.74) is 0.564. The van der Waals surface area contributed by atoms with E-state index < -0.39 is 15.7 Å². The summed E-state index contributed by atoms with van der Waals surface area (Å²) in [5.74, 6) is 0. The topological polar surface area (TPSA) is 90.9 Å². The van der Waals surface area contributed by atoms with Gasteiger partial charge in [-0.25, -0.2) is 0 Å². The molecule has 0 unspecified atom stereocenters. The van der Waals surface area contributed by atoms with Crippen molar-refractivity contribution >= 4 is 32.4 Å². The predicted molar refractivity (Wildman–Crippen MR) is 68.0 cm³/mol. The van der Waals surface area contributed by atoms with Gasteiger partial charge in [-0.1, -0.05) is 0 Å². The molecule has 1 aromatic carbocycles. The average Bonchev–Trinajstić information content (AvgIpc) is 2.77. The van der Waals surface area contributed by atoms with E-state index in [4.69, 9.17) is 0 Å². The number of rotatable bonds is 3. The Kier molecular flexibility index (Phi) is 3.53. The minimum atomic E-state index is -1.30. The second-order valence-electron chi connectivity index (χ2n) is 3.33. The van der Waals surface area contributed by atoms with Crippen molar-refractivity contribution in [3.63, 3.8) is 0 Å². The van der Waals surface area contributed by atoms with Gasteiger partial charge in [0.15, 0.2) is 0 Å². The first-order valence-electron chi connectivity index (χ1n) is 4.68. The van der Waals surface area contributed by atoms with E-state index in [1.165, 1.54) is 29.3 Å². The van der Waals surface area contributed by atoms with Crippen LogP contribution >= 0.6 is 15.9 Å². The van der Waals surface area contributed by atoms with Crippen LogP contribution in [0.5, 0.6) is 0 Å². The lowest BCUT2D eigenvalue weighted by molar-refractivity contribution is -0.384. The van der Waals surface area contributed by atoms with Gasteiger partial charge in [0.1, 0.15) is 6.33 Å². The third-order valence-corrected chi connectivity index (χ3v) is 3.60. The molecule has 0 spiro atoms. The van der Waals surface area contributed by atoms with E-state index in [9.17, 15) is 14.3 Å². The molecule has 0 amide bonds. The summed E-state index contributed by atoms with van der Waals surface area (Å²) in [6, 6.07) is 4.28. The van der Waals surface area contributed by atoms with Crippen molar-refractivity contribution in [2.24, 2.45) is 0 Å². The molecule has 0 fully saturated rings. The Hall–Kier alpha value is -1.61. The zero-order chi connectivity index (χ0) is 13.3. The summed E-state index contributed by atoms with van der Waals surface area (Å²) in [6.45, 7) is 0. The number of halogens is 1. The summed E-state index contributed by atoms with van der Waals surface area (Å²) < 4.78 is 13.5. The fraction of sp³-hybridized carbons (Fsp3) is 0.111. The van der Waals surface area contributed by atoms with Crippen LogP contribution in [0.15, 0.2) is 34.2 Å². The fourth-order valence-corrected chi connectivity index (χ4v) is 2.53. The Bertz CT molecular complexity index is 642. The van der Waals surface area contributed by atoms with E-state index in [2.05, 4.69) is 26.1 Å². The largest absolute Gasteiger partial charge is 0.273 e. The lowest BCUT2D eigenvalue weighted by Crippen LogP contribution is -2.02. The van der Waals surface area contributed by atoms with E-state index in [-0.39, 0.29) is 10.8 Å². The fourth-order valence-electron chi connectivity index (χ4n) is 1.39. The molecule has 94 valence electrons. The van der Waals surface area contributed by atoms with Gasteiger partial charge in [-0.2, -0.15) is 0 Å². The van der Waals surface area contributed by atoms with Crippen molar-refractivity contribution < 1.29 is 9.13 Å². The van der Waals surface area contributed by atoms with Crippen LogP contribution in [0, 0.1) is 10.1 Å². The van der Waals surface area contributed by atoms with Crippen LogP contribution in [0.25, 0.3) is 5.69 Å². The van der Waals surface area contributed by atoms with E-state index in [0.717, 1.165) is 0 Å². The summed E-state index contributed by atoms with van der Waals surface area (Å²) in [5, 5.41) is 18.3. The van der Waals surface area contributed by atoms with Gasteiger partial charge in [-0.15, -0.1) is 10.2 Å². The SMILES string of the molecule is C[S@@](=O)c1nncn1-c1ccc([N+](=O)[O-])cc1Br. The minimum Gasteiger partial charge on any atom is -0.273 e. The van der Waals surface area contributed by atoms with E-state index in [1.807, 2.05) is 0 Å². The Morgan fingerprint density at radius 3 is 2.78 bits per heavy atom. The number of nitrogens with zero attached hydrogens (tertiary/aromatic N) is 4. The molecule has 0 saturated heterocycles. The Balaban J connectivity index is 2.55. The molecule has 0 aliphatic rings. The summed E-state index contributed by atoms with van der Waals surface area (Å²) in [7, 11) is -1.30. The number of non-ortho nitro benzene ring substituents is 1. The number of benzene rings is 1. The van der Waals surface area contributed by atoms with Crippen LogP contribution in [0.4, 0.5) is 5.69 Å². The highest BCUT2D eigenvalue weighted by molar-refractivity contribution is 9.10. The molecular weight excluding hydrogens is 324 g/mol. The van der Waals surface area contributed by atoms with Crippen molar-refractivity contribution in [1.82, 2.24) is 14.8 Å².